The van der Waals surface area contributed by atoms with Gasteiger partial charge in [0.2, 0.25) is 5.91 Å². The SMILES string of the molecule is CCn1cc(-c2cc(C(F)(F)F)nc3sc(C(N)=O)c(NC(=O)CCn4ncc(Cl)c4C)c23)c(C)n1. The van der Waals surface area contributed by atoms with E-state index in [4.69, 9.17) is 17.3 Å². The van der Waals surface area contributed by atoms with E-state index in [0.717, 1.165) is 6.07 Å². The van der Waals surface area contributed by atoms with Gasteiger partial charge in [-0.2, -0.15) is 23.4 Å². The molecule has 9 nitrogen and oxygen atoms in total. The number of amides is 2. The maximum Gasteiger partial charge on any atom is 0.433 e. The molecular formula is C22H21ClF3N7O2S. The van der Waals surface area contributed by atoms with Crippen LogP contribution < -0.4 is 11.1 Å². The Morgan fingerprint density at radius 2 is 1.97 bits per heavy atom. The zero-order chi connectivity index (χ0) is 26.4. The lowest BCUT2D eigenvalue weighted by Crippen LogP contribution is -2.18. The van der Waals surface area contributed by atoms with Gasteiger partial charge in [-0.15, -0.1) is 11.3 Å². The lowest BCUT2D eigenvalue weighted by atomic mass is 10.0. The number of halogens is 4. The Hall–Kier alpha value is -3.45. The molecule has 0 aliphatic heterocycles. The number of hydrogen-bond donors (Lipinski definition) is 2. The molecular weight excluding hydrogens is 519 g/mol. The van der Waals surface area contributed by atoms with Gasteiger partial charge in [0.1, 0.15) is 15.4 Å². The number of nitrogens with two attached hydrogens (primary N) is 1. The number of pyridine rings is 1. The van der Waals surface area contributed by atoms with E-state index in [1.54, 1.807) is 29.4 Å². The molecule has 0 atom stereocenters. The molecule has 190 valence electrons. The Kier molecular flexibility index (Phi) is 6.80. The summed E-state index contributed by atoms with van der Waals surface area (Å²) in [6.45, 7) is 5.95. The first kappa shape index (κ1) is 25.6. The summed E-state index contributed by atoms with van der Waals surface area (Å²) < 4.78 is 44.2. The van der Waals surface area contributed by atoms with Crippen LogP contribution in [0, 0.1) is 13.8 Å². The van der Waals surface area contributed by atoms with Gasteiger partial charge in [-0.1, -0.05) is 11.6 Å². The van der Waals surface area contributed by atoms with Crippen molar-refractivity contribution in [3.63, 3.8) is 0 Å². The number of nitrogens with zero attached hydrogens (tertiary/aromatic N) is 5. The number of carbonyl (C=O) groups is 2. The molecule has 14 heteroatoms. The minimum absolute atomic E-state index is 0.0163. The lowest BCUT2D eigenvalue weighted by Gasteiger charge is -2.12. The van der Waals surface area contributed by atoms with Crippen LogP contribution in [-0.4, -0.2) is 36.4 Å². The number of nitrogens with one attached hydrogen (secondary N) is 1. The Balaban J connectivity index is 1.84. The van der Waals surface area contributed by atoms with Crippen LogP contribution in [-0.2, 0) is 24.1 Å². The van der Waals surface area contributed by atoms with Gasteiger partial charge < -0.3 is 11.1 Å². The normalized spacial score (nSPS) is 11.9. The van der Waals surface area contributed by atoms with Crippen molar-refractivity contribution in [3.8, 4) is 11.1 Å². The summed E-state index contributed by atoms with van der Waals surface area (Å²) in [5, 5.41) is 11.7. The van der Waals surface area contributed by atoms with Crippen LogP contribution in [0.25, 0.3) is 21.3 Å². The second kappa shape index (κ2) is 9.54. The third-order valence-corrected chi connectivity index (χ3v) is 7.06. The van der Waals surface area contributed by atoms with Crippen molar-refractivity contribution in [1.29, 1.82) is 0 Å². The van der Waals surface area contributed by atoms with Gasteiger partial charge in [0, 0.05) is 30.1 Å². The standard InChI is InChI=1S/C22H21ClF3N7O2S/c1-4-32-9-13(10(2)31-32)12-7-15(22(24,25)26)29-21-17(12)18(19(36-21)20(27)35)30-16(34)5-6-33-11(3)14(23)8-28-33/h7-9H,4-6H2,1-3H3,(H2,27,35)(H,30,34). The topological polar surface area (TPSA) is 121 Å². The van der Waals surface area contributed by atoms with Gasteiger partial charge in [0.15, 0.2) is 0 Å². The van der Waals surface area contributed by atoms with Gasteiger partial charge in [0.25, 0.3) is 5.91 Å². The van der Waals surface area contributed by atoms with Crippen LogP contribution in [0.2, 0.25) is 5.02 Å². The molecule has 3 N–H and O–H groups in total. The van der Waals surface area contributed by atoms with Gasteiger partial charge in [0.05, 0.1) is 34.8 Å². The van der Waals surface area contributed by atoms with E-state index in [-0.39, 0.29) is 39.3 Å². The quantitative estimate of drug-likeness (QED) is 0.350. The molecule has 0 radical (unpaired) electrons. The predicted octanol–water partition coefficient (Wildman–Crippen LogP) is 4.79. The summed E-state index contributed by atoms with van der Waals surface area (Å²) in [6.07, 6.45) is -1.70. The number of thiophene rings is 1. The first-order valence-electron chi connectivity index (χ1n) is 10.8. The summed E-state index contributed by atoms with van der Waals surface area (Å²) in [5.41, 5.74) is 6.13. The number of carbonyl (C=O) groups excluding carboxylic acids is 2. The first-order chi connectivity index (χ1) is 16.9. The molecule has 0 fully saturated rings. The van der Waals surface area contributed by atoms with E-state index in [1.165, 1.54) is 6.20 Å². The third kappa shape index (κ3) is 4.80. The molecule has 0 aliphatic carbocycles. The Morgan fingerprint density at radius 1 is 1.25 bits per heavy atom. The van der Waals surface area contributed by atoms with Crippen LogP contribution in [0.4, 0.5) is 18.9 Å². The average molecular weight is 540 g/mol. The minimum atomic E-state index is -4.74. The minimum Gasteiger partial charge on any atom is -0.365 e. The first-order valence-corrected chi connectivity index (χ1v) is 12.0. The molecule has 36 heavy (non-hydrogen) atoms. The predicted molar refractivity (Wildman–Crippen MR) is 130 cm³/mol. The van der Waals surface area contributed by atoms with E-state index in [9.17, 15) is 22.8 Å². The smallest absolute Gasteiger partial charge is 0.365 e. The fraction of sp³-hybridized carbons (Fsp3) is 0.318. The second-order valence-corrected chi connectivity index (χ2v) is 9.39. The zero-order valence-corrected chi connectivity index (χ0v) is 21.0. The lowest BCUT2D eigenvalue weighted by molar-refractivity contribution is -0.140. The molecule has 4 aromatic rings. The van der Waals surface area contributed by atoms with Gasteiger partial charge in [-0.3, -0.25) is 19.0 Å². The number of aryl methyl sites for hydroxylation is 3. The van der Waals surface area contributed by atoms with Gasteiger partial charge in [-0.25, -0.2) is 4.98 Å². The molecule has 0 aromatic carbocycles. The van der Waals surface area contributed by atoms with Crippen LogP contribution in [0.15, 0.2) is 18.5 Å². The van der Waals surface area contributed by atoms with Crippen molar-refractivity contribution in [1.82, 2.24) is 24.5 Å². The maximum absolute atomic E-state index is 13.7. The number of aromatic nitrogens is 5. The van der Waals surface area contributed by atoms with Crippen molar-refractivity contribution in [3.05, 3.63) is 45.4 Å². The van der Waals surface area contributed by atoms with E-state index in [0.29, 0.717) is 39.9 Å². The summed E-state index contributed by atoms with van der Waals surface area (Å²) in [6, 6.07) is 0.897. The highest BCUT2D eigenvalue weighted by molar-refractivity contribution is 7.21. The summed E-state index contributed by atoms with van der Waals surface area (Å²) >= 11 is 6.69. The zero-order valence-electron chi connectivity index (χ0n) is 19.4. The molecule has 0 saturated heterocycles. The van der Waals surface area contributed by atoms with Crippen molar-refractivity contribution >= 4 is 50.7 Å². The highest BCUT2D eigenvalue weighted by atomic mass is 35.5. The fourth-order valence-electron chi connectivity index (χ4n) is 3.75. The largest absolute Gasteiger partial charge is 0.433 e. The number of rotatable bonds is 7. The Labute approximate surface area is 212 Å². The van der Waals surface area contributed by atoms with Crippen molar-refractivity contribution < 1.29 is 22.8 Å². The number of alkyl halides is 3. The molecule has 0 bridgehead atoms. The van der Waals surface area contributed by atoms with Crippen molar-refractivity contribution in [2.75, 3.05) is 5.32 Å². The number of hydrogen-bond acceptors (Lipinski definition) is 6. The Bertz CT molecular complexity index is 1490. The highest BCUT2D eigenvalue weighted by Crippen LogP contribution is 2.44. The molecule has 4 heterocycles. The molecule has 4 rings (SSSR count). The van der Waals surface area contributed by atoms with Gasteiger partial charge >= 0.3 is 6.18 Å². The molecule has 0 unspecified atom stereocenters. The van der Waals surface area contributed by atoms with E-state index in [1.807, 2.05) is 6.92 Å². The molecule has 0 spiro atoms. The monoisotopic (exact) mass is 539 g/mol. The second-order valence-electron chi connectivity index (χ2n) is 7.99. The Morgan fingerprint density at radius 3 is 2.53 bits per heavy atom. The maximum atomic E-state index is 13.7. The van der Waals surface area contributed by atoms with Gasteiger partial charge in [-0.05, 0) is 32.4 Å². The van der Waals surface area contributed by atoms with Crippen molar-refractivity contribution in [2.24, 2.45) is 5.73 Å². The van der Waals surface area contributed by atoms with E-state index >= 15 is 0 Å². The van der Waals surface area contributed by atoms with Crippen LogP contribution in [0.5, 0.6) is 0 Å². The summed E-state index contributed by atoms with van der Waals surface area (Å²) in [7, 11) is 0. The van der Waals surface area contributed by atoms with Crippen LogP contribution >= 0.6 is 22.9 Å². The number of anilines is 1. The molecule has 0 saturated carbocycles. The third-order valence-electron chi connectivity index (χ3n) is 5.60. The van der Waals surface area contributed by atoms with Crippen LogP contribution in [0.1, 0.15) is 40.1 Å². The summed E-state index contributed by atoms with van der Waals surface area (Å²) in [4.78, 5) is 28.7. The molecule has 0 aliphatic rings. The number of fused-ring (bicyclic) bond motifs is 1. The summed E-state index contributed by atoms with van der Waals surface area (Å²) in [5.74, 6) is -1.39. The molecule has 2 amide bonds. The average Bonchev–Trinajstić information content (AvgIpc) is 3.47. The highest BCUT2D eigenvalue weighted by Gasteiger charge is 2.35. The molecule has 4 aromatic heterocycles. The van der Waals surface area contributed by atoms with Crippen molar-refractivity contribution in [2.45, 2.75) is 46.5 Å². The van der Waals surface area contributed by atoms with Crippen LogP contribution in [0.3, 0.4) is 0 Å². The van der Waals surface area contributed by atoms with E-state index < -0.39 is 23.7 Å². The van der Waals surface area contributed by atoms with E-state index in [2.05, 4.69) is 20.5 Å². The number of primary amides is 1. The fourth-order valence-corrected chi connectivity index (χ4v) is 4.90.